The van der Waals surface area contributed by atoms with E-state index in [4.69, 9.17) is 11.6 Å². The van der Waals surface area contributed by atoms with Gasteiger partial charge in [-0.1, -0.05) is 50.4 Å². The Balaban J connectivity index is 2.49. The molecule has 1 unspecified atom stereocenters. The molecule has 0 amide bonds. The largest absolute Gasteiger partial charge is 0.308 e. The van der Waals surface area contributed by atoms with E-state index in [1.54, 1.807) is 6.20 Å². The summed E-state index contributed by atoms with van der Waals surface area (Å²) in [5, 5.41) is 8.38. The summed E-state index contributed by atoms with van der Waals surface area (Å²) >= 11 is 13.4. The first-order valence-corrected chi connectivity index (χ1v) is 8.37. The molecule has 0 saturated heterocycles. The summed E-state index contributed by atoms with van der Waals surface area (Å²) in [7, 11) is 1.93. The molecule has 20 heavy (non-hydrogen) atoms. The third kappa shape index (κ3) is 3.45. The van der Waals surface area contributed by atoms with Crippen molar-refractivity contribution in [3.63, 3.8) is 0 Å². The summed E-state index contributed by atoms with van der Waals surface area (Å²) < 4.78 is 4.03. The number of aryl methyl sites for hydroxylation is 1. The van der Waals surface area contributed by atoms with Gasteiger partial charge in [-0.15, -0.1) is 0 Å². The van der Waals surface area contributed by atoms with Crippen LogP contribution in [0.2, 0.25) is 5.02 Å². The molecule has 0 bridgehead atoms. The van der Waals surface area contributed by atoms with E-state index in [0.717, 1.165) is 33.2 Å². The second-order valence-electron chi connectivity index (χ2n) is 4.53. The summed E-state index contributed by atoms with van der Waals surface area (Å²) in [4.78, 5) is 0. The maximum Gasteiger partial charge on any atom is 0.0837 e. The van der Waals surface area contributed by atoms with E-state index < -0.39 is 0 Å². The third-order valence-electron chi connectivity index (χ3n) is 3.05. The van der Waals surface area contributed by atoms with Crippen molar-refractivity contribution in [3.8, 4) is 0 Å². The SMILES string of the molecule is CCCn1ncc(Cl)c1C(NC)c1cc(Br)cc(Br)c1. The van der Waals surface area contributed by atoms with Gasteiger partial charge in [-0.3, -0.25) is 4.68 Å². The Morgan fingerprint density at radius 1 is 1.30 bits per heavy atom. The zero-order chi connectivity index (χ0) is 14.7. The second-order valence-corrected chi connectivity index (χ2v) is 6.76. The Kier molecular flexibility index (Phi) is 5.66. The summed E-state index contributed by atoms with van der Waals surface area (Å²) in [6.45, 7) is 2.98. The van der Waals surface area contributed by atoms with Crippen LogP contribution in [0.5, 0.6) is 0 Å². The Labute approximate surface area is 141 Å². The molecule has 2 rings (SSSR count). The maximum absolute atomic E-state index is 6.34. The molecule has 0 radical (unpaired) electrons. The van der Waals surface area contributed by atoms with Crippen molar-refractivity contribution < 1.29 is 0 Å². The van der Waals surface area contributed by atoms with Gasteiger partial charge in [0.15, 0.2) is 0 Å². The standard InChI is InChI=1S/C14H16Br2ClN3/c1-3-4-20-14(12(17)8-19-20)13(18-2)9-5-10(15)7-11(16)6-9/h5-8,13,18H,3-4H2,1-2H3. The number of hydrogen-bond acceptors (Lipinski definition) is 2. The lowest BCUT2D eigenvalue weighted by Crippen LogP contribution is -2.22. The van der Waals surface area contributed by atoms with E-state index in [2.05, 4.69) is 61.3 Å². The van der Waals surface area contributed by atoms with Crippen LogP contribution in [0.1, 0.15) is 30.6 Å². The first kappa shape index (κ1) is 16.0. The number of nitrogens with one attached hydrogen (secondary N) is 1. The molecule has 1 N–H and O–H groups in total. The molecular formula is C14H16Br2ClN3. The van der Waals surface area contributed by atoms with Crippen LogP contribution >= 0.6 is 43.5 Å². The minimum absolute atomic E-state index is 0.00495. The van der Waals surface area contributed by atoms with Crippen molar-refractivity contribution >= 4 is 43.5 Å². The maximum atomic E-state index is 6.34. The van der Waals surface area contributed by atoms with Crippen molar-refractivity contribution in [3.05, 3.63) is 49.6 Å². The number of rotatable bonds is 5. The lowest BCUT2D eigenvalue weighted by molar-refractivity contribution is 0.534. The normalized spacial score (nSPS) is 12.7. The van der Waals surface area contributed by atoms with E-state index in [0.29, 0.717) is 5.02 Å². The number of halogens is 3. The van der Waals surface area contributed by atoms with Gasteiger partial charge in [0.2, 0.25) is 0 Å². The molecule has 1 atom stereocenters. The van der Waals surface area contributed by atoms with Gasteiger partial charge in [-0.2, -0.15) is 5.10 Å². The highest BCUT2D eigenvalue weighted by atomic mass is 79.9. The molecule has 0 aliphatic rings. The average molecular weight is 422 g/mol. The van der Waals surface area contributed by atoms with E-state index in [-0.39, 0.29) is 6.04 Å². The number of nitrogens with zero attached hydrogens (tertiary/aromatic N) is 2. The molecule has 1 aromatic carbocycles. The van der Waals surface area contributed by atoms with E-state index >= 15 is 0 Å². The molecule has 6 heteroatoms. The Hall–Kier alpha value is -0.360. The van der Waals surface area contributed by atoms with Crippen LogP contribution in [0.4, 0.5) is 0 Å². The highest BCUT2D eigenvalue weighted by Gasteiger charge is 2.21. The van der Waals surface area contributed by atoms with Crippen molar-refractivity contribution in [2.24, 2.45) is 0 Å². The van der Waals surface area contributed by atoms with Gasteiger partial charge in [-0.05, 0) is 37.2 Å². The van der Waals surface area contributed by atoms with Gasteiger partial charge in [-0.25, -0.2) is 0 Å². The van der Waals surface area contributed by atoms with Gasteiger partial charge in [0, 0.05) is 15.5 Å². The molecule has 0 fully saturated rings. The molecule has 0 spiro atoms. The van der Waals surface area contributed by atoms with E-state index in [1.807, 2.05) is 17.8 Å². The van der Waals surface area contributed by atoms with Crippen molar-refractivity contribution in [1.82, 2.24) is 15.1 Å². The zero-order valence-corrected chi connectivity index (χ0v) is 15.3. The van der Waals surface area contributed by atoms with Crippen LogP contribution in [0.25, 0.3) is 0 Å². The lowest BCUT2D eigenvalue weighted by Gasteiger charge is -2.19. The minimum atomic E-state index is 0.00495. The molecule has 0 aliphatic heterocycles. The summed E-state index contributed by atoms with van der Waals surface area (Å²) in [5.74, 6) is 0. The quantitative estimate of drug-likeness (QED) is 0.753. The fraction of sp³-hybridized carbons (Fsp3) is 0.357. The minimum Gasteiger partial charge on any atom is -0.308 e. The lowest BCUT2D eigenvalue weighted by atomic mass is 10.0. The molecular weight excluding hydrogens is 405 g/mol. The summed E-state index contributed by atoms with van der Waals surface area (Å²) in [6, 6.07) is 6.20. The van der Waals surface area contributed by atoms with Crippen LogP contribution in [0.3, 0.4) is 0 Å². The second kappa shape index (κ2) is 7.07. The van der Waals surface area contributed by atoms with Crippen molar-refractivity contribution in [1.29, 1.82) is 0 Å². The van der Waals surface area contributed by atoms with Gasteiger partial charge >= 0.3 is 0 Å². The Morgan fingerprint density at radius 3 is 2.50 bits per heavy atom. The average Bonchev–Trinajstić information content (AvgIpc) is 2.72. The number of aromatic nitrogens is 2. The van der Waals surface area contributed by atoms with Gasteiger partial charge < -0.3 is 5.32 Å². The number of hydrogen-bond donors (Lipinski definition) is 1. The van der Waals surface area contributed by atoms with Gasteiger partial charge in [0.1, 0.15) is 0 Å². The van der Waals surface area contributed by atoms with Gasteiger partial charge in [0.05, 0.1) is 23.0 Å². The highest BCUT2D eigenvalue weighted by Crippen LogP contribution is 2.31. The smallest absolute Gasteiger partial charge is 0.0837 e. The topological polar surface area (TPSA) is 29.9 Å². The predicted molar refractivity (Wildman–Crippen MR) is 90.3 cm³/mol. The van der Waals surface area contributed by atoms with E-state index in [1.165, 1.54) is 0 Å². The predicted octanol–water partition coefficient (Wildman–Crippen LogP) is 4.78. The zero-order valence-electron chi connectivity index (χ0n) is 11.3. The van der Waals surface area contributed by atoms with Crippen LogP contribution in [0.15, 0.2) is 33.3 Å². The molecule has 1 aromatic heterocycles. The number of benzene rings is 1. The fourth-order valence-corrected chi connectivity index (χ4v) is 3.83. The first-order valence-electron chi connectivity index (χ1n) is 6.41. The monoisotopic (exact) mass is 419 g/mol. The third-order valence-corrected chi connectivity index (χ3v) is 4.26. The van der Waals surface area contributed by atoms with Gasteiger partial charge in [0.25, 0.3) is 0 Å². The van der Waals surface area contributed by atoms with Crippen LogP contribution < -0.4 is 5.32 Å². The van der Waals surface area contributed by atoms with Crippen molar-refractivity contribution in [2.45, 2.75) is 25.9 Å². The molecule has 2 aromatic rings. The molecule has 0 aliphatic carbocycles. The molecule has 108 valence electrons. The molecule has 1 heterocycles. The van der Waals surface area contributed by atoms with E-state index in [9.17, 15) is 0 Å². The van der Waals surface area contributed by atoms with Crippen LogP contribution in [0, 0.1) is 0 Å². The molecule has 3 nitrogen and oxygen atoms in total. The first-order chi connectivity index (χ1) is 9.56. The summed E-state index contributed by atoms with van der Waals surface area (Å²) in [5.41, 5.74) is 2.13. The Bertz CT molecular complexity index is 578. The molecule has 0 saturated carbocycles. The fourth-order valence-electron chi connectivity index (χ4n) is 2.25. The highest BCUT2D eigenvalue weighted by molar-refractivity contribution is 9.11. The van der Waals surface area contributed by atoms with Crippen LogP contribution in [-0.2, 0) is 6.54 Å². The summed E-state index contributed by atoms with van der Waals surface area (Å²) in [6.07, 6.45) is 2.73. The Morgan fingerprint density at radius 2 is 1.95 bits per heavy atom. The van der Waals surface area contributed by atoms with Crippen molar-refractivity contribution in [2.75, 3.05) is 7.05 Å². The van der Waals surface area contributed by atoms with Crippen LogP contribution in [-0.4, -0.2) is 16.8 Å².